The maximum atomic E-state index is 7.10. The Balaban J connectivity index is 0.818. The van der Waals surface area contributed by atoms with E-state index in [9.17, 15) is 0 Å². The van der Waals surface area contributed by atoms with Crippen molar-refractivity contribution in [1.82, 2.24) is 0 Å². The summed E-state index contributed by atoms with van der Waals surface area (Å²) in [5, 5.41) is 0. The monoisotopic (exact) mass is 809 g/mol. The van der Waals surface area contributed by atoms with Gasteiger partial charge in [-0.15, -0.1) is 0 Å². The predicted molar refractivity (Wildman–Crippen MR) is 249 cm³/mol. The van der Waals surface area contributed by atoms with Gasteiger partial charge < -0.3 is 9.47 Å². The Bertz CT molecular complexity index is 1710. The second kappa shape index (κ2) is 18.4. The van der Waals surface area contributed by atoms with Crippen LogP contribution in [0.25, 0.3) is 0 Å². The van der Waals surface area contributed by atoms with Gasteiger partial charge in [-0.05, 0) is 171 Å². The summed E-state index contributed by atoms with van der Waals surface area (Å²) in [6.45, 7) is 9.35. The second-order valence-electron chi connectivity index (χ2n) is 21.5. The van der Waals surface area contributed by atoms with E-state index in [4.69, 9.17) is 9.47 Å². The Kier molecular flexibility index (Phi) is 12.7. The summed E-state index contributed by atoms with van der Waals surface area (Å²) in [6, 6.07) is 10.7. The molecule has 0 amide bonds. The number of hydrogen-bond acceptors (Lipinski definition) is 2. The molecule has 0 aromatic heterocycles. The first-order valence-electron chi connectivity index (χ1n) is 26.3. The van der Waals surface area contributed by atoms with Gasteiger partial charge in [0.15, 0.2) is 0 Å². The standard InChI is InChI=1S/C58H80O2/c1-5-9-13-17-21-37-29-47-48(30-38(37)22-18-14-10-6-2)56-52-34-44-26-42-28-46-36-54-53(35-45(46)27-41(42)25-43(44)33-51(52)55(47)59-56)57-49-31-39(23-19-15-11-7-3)40(24-20-16-12-8-4)32-50(49)58(54)60-57/h29-32,51-58H,5-28,33-36H2,1-4H3/t51-,52-,53-,54+,55-,56-,57+,58+/m1/s1. The highest BCUT2D eigenvalue weighted by molar-refractivity contribution is 5.52. The minimum atomic E-state index is 0.327. The molecule has 4 aliphatic heterocycles. The highest BCUT2D eigenvalue weighted by atomic mass is 16.5. The van der Waals surface area contributed by atoms with Crippen LogP contribution in [0.1, 0.15) is 251 Å². The number of aryl methyl sites for hydroxylation is 4. The number of rotatable bonds is 20. The predicted octanol–water partition coefficient (Wildman–Crippen LogP) is 16.7. The Morgan fingerprint density at radius 2 is 0.583 bits per heavy atom. The lowest BCUT2D eigenvalue weighted by molar-refractivity contribution is 0.0544. The molecular weight excluding hydrogens is 729 g/mol. The van der Waals surface area contributed by atoms with Crippen molar-refractivity contribution in [1.29, 1.82) is 0 Å². The van der Waals surface area contributed by atoms with Gasteiger partial charge in [0.25, 0.3) is 0 Å². The summed E-state index contributed by atoms with van der Waals surface area (Å²) in [5.74, 6) is 2.72. The third-order valence-corrected chi connectivity index (χ3v) is 17.6. The van der Waals surface area contributed by atoms with Gasteiger partial charge in [-0.2, -0.15) is 0 Å². The zero-order valence-electron chi connectivity index (χ0n) is 38.5. The van der Waals surface area contributed by atoms with Gasteiger partial charge in [-0.25, -0.2) is 0 Å². The van der Waals surface area contributed by atoms with E-state index < -0.39 is 0 Å². The van der Waals surface area contributed by atoms with Crippen LogP contribution in [0.4, 0.5) is 0 Å². The molecule has 2 saturated heterocycles. The lowest BCUT2D eigenvalue weighted by Crippen LogP contribution is -2.30. The molecule has 4 bridgehead atoms. The first-order chi connectivity index (χ1) is 29.6. The number of benzene rings is 2. The van der Waals surface area contributed by atoms with Crippen molar-refractivity contribution in [2.75, 3.05) is 0 Å². The van der Waals surface area contributed by atoms with Crippen LogP contribution in [0.3, 0.4) is 0 Å². The Hall–Kier alpha value is -2.42. The molecule has 324 valence electrons. The molecule has 4 aliphatic carbocycles. The number of ether oxygens (including phenoxy) is 2. The molecule has 0 saturated carbocycles. The van der Waals surface area contributed by atoms with Gasteiger partial charge in [0, 0.05) is 0 Å². The molecule has 60 heavy (non-hydrogen) atoms. The maximum Gasteiger partial charge on any atom is 0.0872 e. The molecule has 0 unspecified atom stereocenters. The fourth-order valence-electron chi connectivity index (χ4n) is 14.4. The van der Waals surface area contributed by atoms with Crippen LogP contribution in [0, 0.1) is 23.7 Å². The molecular formula is C58H80O2. The van der Waals surface area contributed by atoms with E-state index in [1.165, 1.54) is 180 Å². The quantitative estimate of drug-likeness (QED) is 0.0980. The van der Waals surface area contributed by atoms with Gasteiger partial charge >= 0.3 is 0 Å². The molecule has 0 radical (unpaired) electrons. The highest BCUT2D eigenvalue weighted by Gasteiger charge is 2.56. The van der Waals surface area contributed by atoms with Gasteiger partial charge in [0.2, 0.25) is 0 Å². The first-order valence-corrected chi connectivity index (χ1v) is 26.3. The van der Waals surface area contributed by atoms with Gasteiger partial charge in [-0.1, -0.05) is 162 Å². The van der Waals surface area contributed by atoms with E-state index in [2.05, 4.69) is 52.0 Å². The molecule has 10 rings (SSSR count). The van der Waals surface area contributed by atoms with Crippen LogP contribution in [-0.2, 0) is 35.2 Å². The van der Waals surface area contributed by atoms with E-state index in [-0.39, 0.29) is 0 Å². The summed E-state index contributed by atoms with van der Waals surface area (Å²) >= 11 is 0. The smallest absolute Gasteiger partial charge is 0.0872 e. The normalized spacial score (nSPS) is 29.1. The fourth-order valence-corrected chi connectivity index (χ4v) is 14.4. The Morgan fingerprint density at radius 3 is 0.817 bits per heavy atom. The number of unbranched alkanes of at least 4 members (excludes halogenated alkanes) is 12. The molecule has 0 spiro atoms. The minimum absolute atomic E-state index is 0.327. The van der Waals surface area contributed by atoms with E-state index in [1.807, 2.05) is 33.4 Å². The Labute approximate surface area is 365 Å². The summed E-state index contributed by atoms with van der Waals surface area (Å²) in [4.78, 5) is 0. The molecule has 2 fully saturated rings. The van der Waals surface area contributed by atoms with Crippen LogP contribution in [0.5, 0.6) is 0 Å². The highest BCUT2D eigenvalue weighted by Crippen LogP contribution is 2.66. The van der Waals surface area contributed by atoms with Crippen LogP contribution in [0.2, 0.25) is 0 Å². The van der Waals surface area contributed by atoms with E-state index in [0.717, 1.165) is 0 Å². The summed E-state index contributed by atoms with van der Waals surface area (Å²) in [7, 11) is 0. The zero-order valence-corrected chi connectivity index (χ0v) is 38.5. The topological polar surface area (TPSA) is 18.5 Å². The zero-order chi connectivity index (χ0) is 40.7. The van der Waals surface area contributed by atoms with Crippen LogP contribution in [-0.4, -0.2) is 0 Å². The van der Waals surface area contributed by atoms with Crippen molar-refractivity contribution in [2.24, 2.45) is 23.7 Å². The molecule has 2 aromatic rings. The SMILES string of the molecule is CCCCCCc1cc2c(cc1CCCCCC)[C@H]1O[C@H]2[C@@H]2CC3=C(CC4=C(C3)CC3=C(C4)C[C@H]4[C@@H](C3)[C@H]3O[C@H]4c4cc(CCCCCC)c(CCCCCC)cc43)C[C@H]21. The summed E-state index contributed by atoms with van der Waals surface area (Å²) in [5.41, 5.74) is 24.0. The molecule has 8 atom stereocenters. The van der Waals surface area contributed by atoms with Gasteiger partial charge in [0.05, 0.1) is 24.4 Å². The van der Waals surface area contributed by atoms with E-state index >= 15 is 0 Å². The molecule has 8 aliphatic rings. The summed E-state index contributed by atoms with van der Waals surface area (Å²) in [6.07, 6.45) is 38.1. The largest absolute Gasteiger partial charge is 0.365 e. The minimum Gasteiger partial charge on any atom is -0.365 e. The maximum absolute atomic E-state index is 7.10. The van der Waals surface area contributed by atoms with Crippen molar-refractivity contribution < 1.29 is 9.47 Å². The molecule has 4 heterocycles. The van der Waals surface area contributed by atoms with Gasteiger partial charge in [-0.3, -0.25) is 0 Å². The average molecular weight is 809 g/mol. The van der Waals surface area contributed by atoms with Crippen LogP contribution < -0.4 is 0 Å². The summed E-state index contributed by atoms with van der Waals surface area (Å²) < 4.78 is 14.2. The van der Waals surface area contributed by atoms with Crippen molar-refractivity contribution in [3.05, 3.63) is 102 Å². The third kappa shape index (κ3) is 7.81. The van der Waals surface area contributed by atoms with Crippen LogP contribution in [0.15, 0.2) is 57.7 Å². The third-order valence-electron chi connectivity index (χ3n) is 17.6. The van der Waals surface area contributed by atoms with Crippen molar-refractivity contribution in [3.63, 3.8) is 0 Å². The molecule has 2 heteroatoms. The van der Waals surface area contributed by atoms with Crippen molar-refractivity contribution in [3.8, 4) is 0 Å². The fraction of sp³-hybridized carbons (Fsp3) is 0.690. The number of hydrogen-bond donors (Lipinski definition) is 0. The van der Waals surface area contributed by atoms with Gasteiger partial charge in [0.1, 0.15) is 0 Å². The lowest BCUT2D eigenvalue weighted by Gasteiger charge is -2.43. The first kappa shape index (κ1) is 41.6. The second-order valence-corrected chi connectivity index (χ2v) is 21.5. The molecule has 2 aromatic carbocycles. The van der Waals surface area contributed by atoms with Crippen LogP contribution >= 0.6 is 0 Å². The average Bonchev–Trinajstić information content (AvgIpc) is 4.02. The molecule has 2 nitrogen and oxygen atoms in total. The molecule has 0 N–H and O–H groups in total. The van der Waals surface area contributed by atoms with E-state index in [0.29, 0.717) is 48.1 Å². The van der Waals surface area contributed by atoms with Crippen molar-refractivity contribution >= 4 is 0 Å². The Morgan fingerprint density at radius 1 is 0.333 bits per heavy atom. The lowest BCUT2D eigenvalue weighted by atomic mass is 9.60. The van der Waals surface area contributed by atoms with E-state index in [1.54, 1.807) is 44.5 Å². The number of fused-ring (bicyclic) bond motifs is 16. The number of allylic oxidation sites excluding steroid dienone is 6. The van der Waals surface area contributed by atoms with Crippen molar-refractivity contribution in [2.45, 2.75) is 232 Å².